The molecule has 0 saturated carbocycles. The van der Waals surface area contributed by atoms with Crippen molar-refractivity contribution in [1.82, 2.24) is 14.9 Å². The highest BCUT2D eigenvalue weighted by atomic mass is 32.2. The minimum absolute atomic E-state index is 0.0598. The molecule has 0 spiro atoms. The highest BCUT2D eigenvalue weighted by Crippen LogP contribution is 2.22. The fraction of sp³-hybridized carbons (Fsp3) is 0.462. The Hall–Kier alpha value is -1.80. The van der Waals surface area contributed by atoms with E-state index >= 15 is 0 Å². The van der Waals surface area contributed by atoms with Gasteiger partial charge in [0.1, 0.15) is 4.90 Å². The van der Waals surface area contributed by atoms with E-state index in [1.807, 2.05) is 13.8 Å². The lowest BCUT2D eigenvalue weighted by atomic mass is 10.1. The first-order valence-electron chi connectivity index (χ1n) is 6.46. The molecule has 1 aromatic rings. The number of hydrogen-bond donors (Lipinski definition) is 3. The molecule has 2 amide bonds. The largest absolute Gasteiger partial charge is 0.398 e. The van der Waals surface area contributed by atoms with Crippen LogP contribution in [0, 0.1) is 13.8 Å². The van der Waals surface area contributed by atoms with E-state index in [9.17, 15) is 13.2 Å². The second-order valence-corrected chi connectivity index (χ2v) is 6.73. The van der Waals surface area contributed by atoms with Crippen molar-refractivity contribution >= 4 is 21.7 Å². The van der Waals surface area contributed by atoms with Crippen molar-refractivity contribution in [3.05, 3.63) is 23.3 Å². The van der Waals surface area contributed by atoms with Gasteiger partial charge in [-0.2, -0.15) is 0 Å². The molecule has 0 aliphatic rings. The van der Waals surface area contributed by atoms with Crippen molar-refractivity contribution in [2.45, 2.75) is 18.7 Å². The number of nitrogen functional groups attached to an aromatic ring is 1. The van der Waals surface area contributed by atoms with Crippen LogP contribution < -0.4 is 15.8 Å². The molecule has 0 radical (unpaired) electrons. The molecule has 0 aliphatic carbocycles. The Bertz CT molecular complexity index is 627. The minimum atomic E-state index is -3.69. The number of carbonyl (C=O) groups is 1. The zero-order chi connectivity index (χ0) is 16.2. The van der Waals surface area contributed by atoms with E-state index in [0.717, 1.165) is 11.1 Å². The highest BCUT2D eigenvalue weighted by molar-refractivity contribution is 7.89. The van der Waals surface area contributed by atoms with Crippen LogP contribution in [0.2, 0.25) is 0 Å². The summed E-state index contributed by atoms with van der Waals surface area (Å²) in [6.45, 7) is 3.98. The number of carbonyl (C=O) groups excluding carboxylic acids is 1. The lowest BCUT2D eigenvalue weighted by molar-refractivity contribution is 0.217. The van der Waals surface area contributed by atoms with Crippen molar-refractivity contribution in [1.29, 1.82) is 0 Å². The number of aryl methyl sites for hydroxylation is 2. The molecule has 0 aliphatic heterocycles. The van der Waals surface area contributed by atoms with Gasteiger partial charge in [0.15, 0.2) is 0 Å². The first kappa shape index (κ1) is 17.3. The molecule has 0 unspecified atom stereocenters. The number of nitrogens with zero attached hydrogens (tertiary/aromatic N) is 1. The van der Waals surface area contributed by atoms with Crippen molar-refractivity contribution in [3.8, 4) is 0 Å². The first-order valence-corrected chi connectivity index (χ1v) is 7.95. The Morgan fingerprint density at radius 2 is 1.76 bits per heavy atom. The van der Waals surface area contributed by atoms with Gasteiger partial charge in [0, 0.05) is 27.2 Å². The lowest BCUT2D eigenvalue weighted by Gasteiger charge is -2.13. The monoisotopic (exact) mass is 314 g/mol. The predicted molar refractivity (Wildman–Crippen MR) is 82.6 cm³/mol. The molecular weight excluding hydrogens is 292 g/mol. The van der Waals surface area contributed by atoms with Crippen LogP contribution >= 0.6 is 0 Å². The number of hydrogen-bond acceptors (Lipinski definition) is 4. The van der Waals surface area contributed by atoms with Crippen molar-refractivity contribution in [2.24, 2.45) is 0 Å². The number of amides is 2. The third kappa shape index (κ3) is 4.61. The number of benzene rings is 1. The van der Waals surface area contributed by atoms with Crippen LogP contribution in [0.3, 0.4) is 0 Å². The highest BCUT2D eigenvalue weighted by Gasteiger charge is 2.18. The molecule has 7 nitrogen and oxygen atoms in total. The van der Waals surface area contributed by atoms with E-state index in [4.69, 9.17) is 5.73 Å². The summed E-state index contributed by atoms with van der Waals surface area (Å²) in [5.41, 5.74) is 7.77. The smallest absolute Gasteiger partial charge is 0.316 e. The van der Waals surface area contributed by atoms with Crippen LogP contribution in [0.15, 0.2) is 17.0 Å². The molecule has 0 aromatic heterocycles. The van der Waals surface area contributed by atoms with Crippen LogP contribution in [-0.4, -0.2) is 46.5 Å². The van der Waals surface area contributed by atoms with Crippen LogP contribution in [0.1, 0.15) is 11.1 Å². The third-order valence-electron chi connectivity index (χ3n) is 3.02. The van der Waals surface area contributed by atoms with Gasteiger partial charge in [0.25, 0.3) is 0 Å². The number of rotatable bonds is 5. The van der Waals surface area contributed by atoms with Gasteiger partial charge in [0.2, 0.25) is 10.0 Å². The molecule has 0 bridgehead atoms. The lowest BCUT2D eigenvalue weighted by Crippen LogP contribution is -2.39. The maximum absolute atomic E-state index is 12.2. The van der Waals surface area contributed by atoms with E-state index in [1.54, 1.807) is 26.2 Å². The molecule has 0 atom stereocenters. The van der Waals surface area contributed by atoms with Gasteiger partial charge in [-0.25, -0.2) is 17.9 Å². The van der Waals surface area contributed by atoms with Crippen LogP contribution in [0.25, 0.3) is 0 Å². The van der Waals surface area contributed by atoms with E-state index in [1.165, 1.54) is 4.90 Å². The average molecular weight is 314 g/mol. The minimum Gasteiger partial charge on any atom is -0.398 e. The van der Waals surface area contributed by atoms with Crippen LogP contribution in [-0.2, 0) is 10.0 Å². The Morgan fingerprint density at radius 3 is 2.33 bits per heavy atom. The number of nitrogens with one attached hydrogen (secondary N) is 2. The summed E-state index contributed by atoms with van der Waals surface area (Å²) in [6.07, 6.45) is 0. The second kappa shape index (κ2) is 6.77. The van der Waals surface area contributed by atoms with Gasteiger partial charge in [-0.3, -0.25) is 0 Å². The Labute approximate surface area is 125 Å². The van der Waals surface area contributed by atoms with Gasteiger partial charge in [-0.05, 0) is 37.1 Å². The van der Waals surface area contributed by atoms with Crippen molar-refractivity contribution < 1.29 is 13.2 Å². The molecule has 1 rings (SSSR count). The standard InChI is InChI=1S/C13H22N4O3S/c1-9-7-11(14)12(8-10(9)2)21(19,20)16-6-5-15-13(18)17(3)4/h7-8,16H,5-6,14H2,1-4H3,(H,15,18). The van der Waals surface area contributed by atoms with E-state index in [2.05, 4.69) is 10.0 Å². The summed E-state index contributed by atoms with van der Waals surface area (Å²) < 4.78 is 26.8. The first-order chi connectivity index (χ1) is 9.65. The third-order valence-corrected chi connectivity index (χ3v) is 4.53. The molecule has 4 N–H and O–H groups in total. The number of anilines is 1. The Kier molecular flexibility index (Phi) is 5.56. The van der Waals surface area contributed by atoms with E-state index < -0.39 is 10.0 Å². The molecule has 1 aromatic carbocycles. The Balaban J connectivity index is 2.71. The summed E-state index contributed by atoms with van der Waals surface area (Å²) >= 11 is 0. The zero-order valence-corrected chi connectivity index (χ0v) is 13.5. The van der Waals surface area contributed by atoms with Crippen LogP contribution in [0.4, 0.5) is 10.5 Å². The van der Waals surface area contributed by atoms with E-state index in [-0.39, 0.29) is 29.7 Å². The molecule has 0 heterocycles. The maximum atomic E-state index is 12.2. The van der Waals surface area contributed by atoms with Gasteiger partial charge in [-0.15, -0.1) is 0 Å². The SMILES string of the molecule is Cc1cc(N)c(S(=O)(=O)NCCNC(=O)N(C)C)cc1C. The summed E-state index contributed by atoms with van der Waals surface area (Å²) in [6, 6.07) is 2.91. The molecule has 8 heteroatoms. The van der Waals surface area contributed by atoms with Gasteiger partial charge >= 0.3 is 6.03 Å². The molecular formula is C13H22N4O3S. The van der Waals surface area contributed by atoms with Gasteiger partial charge in [-0.1, -0.05) is 0 Å². The Morgan fingerprint density at radius 1 is 1.19 bits per heavy atom. The molecule has 0 saturated heterocycles. The van der Waals surface area contributed by atoms with Crippen LogP contribution in [0.5, 0.6) is 0 Å². The summed E-state index contributed by atoms with van der Waals surface area (Å²) in [5.74, 6) is 0. The maximum Gasteiger partial charge on any atom is 0.316 e. The summed E-state index contributed by atoms with van der Waals surface area (Å²) in [7, 11) is -0.475. The predicted octanol–water partition coefficient (Wildman–Crippen LogP) is 0.435. The normalized spacial score (nSPS) is 11.2. The van der Waals surface area contributed by atoms with Crippen molar-refractivity contribution in [2.75, 3.05) is 32.9 Å². The number of nitrogens with two attached hydrogens (primary N) is 1. The summed E-state index contributed by atoms with van der Waals surface area (Å²) in [4.78, 5) is 12.7. The second-order valence-electron chi connectivity index (χ2n) is 5.00. The quantitative estimate of drug-likeness (QED) is 0.541. The fourth-order valence-electron chi connectivity index (χ4n) is 1.64. The van der Waals surface area contributed by atoms with Crippen molar-refractivity contribution in [3.63, 3.8) is 0 Å². The summed E-state index contributed by atoms with van der Waals surface area (Å²) in [5, 5.41) is 2.57. The molecule has 118 valence electrons. The fourth-order valence-corrected chi connectivity index (χ4v) is 2.86. The van der Waals surface area contributed by atoms with E-state index in [0.29, 0.717) is 0 Å². The zero-order valence-electron chi connectivity index (χ0n) is 12.7. The molecule has 21 heavy (non-hydrogen) atoms. The molecule has 0 fully saturated rings. The average Bonchev–Trinajstić information content (AvgIpc) is 2.38. The number of urea groups is 1. The van der Waals surface area contributed by atoms with Gasteiger partial charge in [0.05, 0.1) is 5.69 Å². The number of sulfonamides is 1. The topological polar surface area (TPSA) is 105 Å². The van der Waals surface area contributed by atoms with Gasteiger partial charge < -0.3 is 16.0 Å².